The SMILES string of the molecule is CN1CCC(n2cnc3cc(-c4cc(F)c5nn(C)cc5c4)cc(F)c3c2=O)CC1. The summed E-state index contributed by atoms with van der Waals surface area (Å²) in [5, 5.41) is 4.69. The molecule has 0 saturated carbocycles. The van der Waals surface area contributed by atoms with E-state index in [1.807, 2.05) is 7.05 Å². The summed E-state index contributed by atoms with van der Waals surface area (Å²) in [6.07, 6.45) is 4.87. The van der Waals surface area contributed by atoms with E-state index in [2.05, 4.69) is 15.0 Å². The Bertz CT molecular complexity index is 1340. The molecule has 30 heavy (non-hydrogen) atoms. The molecule has 4 aromatic rings. The maximum Gasteiger partial charge on any atom is 0.264 e. The lowest BCUT2D eigenvalue weighted by Crippen LogP contribution is -2.35. The molecule has 0 radical (unpaired) electrons. The zero-order valence-electron chi connectivity index (χ0n) is 16.8. The van der Waals surface area contributed by atoms with Crippen molar-refractivity contribution >= 4 is 21.8 Å². The van der Waals surface area contributed by atoms with Gasteiger partial charge in [0.05, 0.1) is 11.8 Å². The molecule has 154 valence electrons. The third-order valence-corrected chi connectivity index (χ3v) is 5.93. The maximum atomic E-state index is 15.0. The Morgan fingerprint density at radius 3 is 2.47 bits per heavy atom. The van der Waals surface area contributed by atoms with Crippen LogP contribution in [0.4, 0.5) is 8.78 Å². The van der Waals surface area contributed by atoms with Gasteiger partial charge in [-0.05, 0) is 68.4 Å². The van der Waals surface area contributed by atoms with Gasteiger partial charge in [0.2, 0.25) is 0 Å². The smallest absolute Gasteiger partial charge is 0.264 e. The van der Waals surface area contributed by atoms with Crippen LogP contribution in [0, 0.1) is 11.6 Å². The van der Waals surface area contributed by atoms with Gasteiger partial charge in [-0.2, -0.15) is 5.10 Å². The van der Waals surface area contributed by atoms with Crippen molar-refractivity contribution < 1.29 is 8.78 Å². The summed E-state index contributed by atoms with van der Waals surface area (Å²) in [4.78, 5) is 19.6. The van der Waals surface area contributed by atoms with Crippen molar-refractivity contribution in [3.05, 3.63) is 58.8 Å². The Kier molecular flexibility index (Phi) is 4.39. The van der Waals surface area contributed by atoms with Gasteiger partial charge in [-0.1, -0.05) is 0 Å². The quantitative estimate of drug-likeness (QED) is 0.509. The van der Waals surface area contributed by atoms with Gasteiger partial charge < -0.3 is 4.90 Å². The first kappa shape index (κ1) is 18.9. The first-order valence-electron chi connectivity index (χ1n) is 9.93. The highest BCUT2D eigenvalue weighted by atomic mass is 19.1. The molecule has 0 spiro atoms. The minimum Gasteiger partial charge on any atom is -0.306 e. The van der Waals surface area contributed by atoms with Crippen LogP contribution >= 0.6 is 0 Å². The Hall–Kier alpha value is -3.13. The van der Waals surface area contributed by atoms with Gasteiger partial charge in [-0.25, -0.2) is 13.8 Å². The van der Waals surface area contributed by atoms with Gasteiger partial charge >= 0.3 is 0 Å². The molecule has 1 saturated heterocycles. The third-order valence-electron chi connectivity index (χ3n) is 5.93. The van der Waals surface area contributed by atoms with Crippen LogP contribution in [0.15, 0.2) is 41.6 Å². The zero-order valence-corrected chi connectivity index (χ0v) is 16.8. The fourth-order valence-corrected chi connectivity index (χ4v) is 4.29. The van der Waals surface area contributed by atoms with Gasteiger partial charge in [0.25, 0.3) is 5.56 Å². The summed E-state index contributed by atoms with van der Waals surface area (Å²) < 4.78 is 32.6. The average molecular weight is 409 g/mol. The molecule has 1 aliphatic rings. The third kappa shape index (κ3) is 3.08. The van der Waals surface area contributed by atoms with E-state index in [-0.39, 0.29) is 28.0 Å². The number of benzene rings is 2. The molecular weight excluding hydrogens is 388 g/mol. The van der Waals surface area contributed by atoms with E-state index < -0.39 is 11.6 Å². The minimum absolute atomic E-state index is 0.0201. The van der Waals surface area contributed by atoms with Crippen molar-refractivity contribution in [2.75, 3.05) is 20.1 Å². The highest BCUT2D eigenvalue weighted by Gasteiger charge is 2.21. The van der Waals surface area contributed by atoms with Gasteiger partial charge in [0.1, 0.15) is 16.7 Å². The number of aryl methyl sites for hydroxylation is 1. The monoisotopic (exact) mass is 409 g/mol. The number of piperidine rings is 1. The lowest BCUT2D eigenvalue weighted by atomic mass is 10.0. The number of likely N-dealkylation sites (tertiary alicyclic amines) is 1. The molecule has 8 heteroatoms. The van der Waals surface area contributed by atoms with Crippen LogP contribution in [0.5, 0.6) is 0 Å². The van der Waals surface area contributed by atoms with E-state index in [9.17, 15) is 9.18 Å². The standard InChI is InChI=1S/C22H21F2N5O/c1-27-5-3-16(4-6-27)29-12-25-19-10-14(8-17(23)20(19)22(29)30)13-7-15-11-28(2)26-21(15)18(24)9-13/h7-12,16H,3-6H2,1-2H3. The highest BCUT2D eigenvalue weighted by molar-refractivity contribution is 5.88. The Balaban J connectivity index is 1.61. The lowest BCUT2D eigenvalue weighted by molar-refractivity contribution is 0.218. The molecule has 1 fully saturated rings. The number of halogens is 2. The first-order chi connectivity index (χ1) is 14.4. The van der Waals surface area contributed by atoms with E-state index in [4.69, 9.17) is 0 Å². The topological polar surface area (TPSA) is 56.0 Å². The van der Waals surface area contributed by atoms with E-state index >= 15 is 4.39 Å². The van der Waals surface area contributed by atoms with Crippen LogP contribution in [0.3, 0.4) is 0 Å². The number of hydrogen-bond acceptors (Lipinski definition) is 4. The van der Waals surface area contributed by atoms with Crippen molar-refractivity contribution in [2.24, 2.45) is 7.05 Å². The molecule has 3 heterocycles. The molecule has 0 bridgehead atoms. The van der Waals surface area contributed by atoms with Crippen LogP contribution in [-0.2, 0) is 7.05 Å². The van der Waals surface area contributed by atoms with Crippen LogP contribution in [0.1, 0.15) is 18.9 Å². The van der Waals surface area contributed by atoms with Gasteiger partial charge in [0, 0.05) is 24.7 Å². The molecule has 2 aromatic heterocycles. The number of aromatic nitrogens is 4. The highest BCUT2D eigenvalue weighted by Crippen LogP contribution is 2.29. The van der Waals surface area contributed by atoms with E-state index in [1.165, 1.54) is 23.1 Å². The molecule has 1 aliphatic heterocycles. The molecule has 0 atom stereocenters. The molecule has 0 N–H and O–H groups in total. The van der Waals surface area contributed by atoms with Crippen LogP contribution in [0.25, 0.3) is 32.9 Å². The van der Waals surface area contributed by atoms with Crippen molar-refractivity contribution in [1.29, 1.82) is 0 Å². The van der Waals surface area contributed by atoms with Gasteiger partial charge in [0.15, 0.2) is 5.82 Å². The largest absolute Gasteiger partial charge is 0.306 e. The Morgan fingerprint density at radius 1 is 1.00 bits per heavy atom. The second-order valence-corrected chi connectivity index (χ2v) is 8.04. The van der Waals surface area contributed by atoms with Crippen LogP contribution in [0.2, 0.25) is 0 Å². The zero-order chi connectivity index (χ0) is 21.0. The molecule has 6 nitrogen and oxygen atoms in total. The molecule has 0 amide bonds. The van der Waals surface area contributed by atoms with E-state index in [0.29, 0.717) is 16.5 Å². The second kappa shape index (κ2) is 6.98. The fraction of sp³-hybridized carbons (Fsp3) is 0.318. The van der Waals surface area contributed by atoms with Gasteiger partial charge in [-0.3, -0.25) is 14.0 Å². The molecule has 0 unspecified atom stereocenters. The minimum atomic E-state index is -0.644. The summed E-state index contributed by atoms with van der Waals surface area (Å²) in [5.74, 6) is -1.12. The first-order valence-corrected chi connectivity index (χ1v) is 9.93. The summed E-state index contributed by atoms with van der Waals surface area (Å²) in [6, 6.07) is 6.02. The maximum absolute atomic E-state index is 15.0. The fourth-order valence-electron chi connectivity index (χ4n) is 4.29. The van der Waals surface area contributed by atoms with Crippen LogP contribution < -0.4 is 5.56 Å². The molecule has 5 rings (SSSR count). The number of hydrogen-bond donors (Lipinski definition) is 0. The normalized spacial score (nSPS) is 16.0. The summed E-state index contributed by atoms with van der Waals surface area (Å²) in [6.45, 7) is 1.78. The molecule has 2 aromatic carbocycles. The lowest BCUT2D eigenvalue weighted by Gasteiger charge is -2.30. The van der Waals surface area contributed by atoms with Crippen molar-refractivity contribution in [3.8, 4) is 11.1 Å². The molecular formula is C22H21F2N5O. The van der Waals surface area contributed by atoms with Crippen molar-refractivity contribution in [3.63, 3.8) is 0 Å². The van der Waals surface area contributed by atoms with Crippen molar-refractivity contribution in [1.82, 2.24) is 24.2 Å². The average Bonchev–Trinajstić information content (AvgIpc) is 3.09. The van der Waals surface area contributed by atoms with Crippen LogP contribution in [-0.4, -0.2) is 44.4 Å². The molecule has 0 aliphatic carbocycles. The summed E-state index contributed by atoms with van der Waals surface area (Å²) >= 11 is 0. The number of nitrogens with zero attached hydrogens (tertiary/aromatic N) is 5. The summed E-state index contributed by atoms with van der Waals surface area (Å²) in [5.41, 5.74) is 1.14. The van der Waals surface area contributed by atoms with Gasteiger partial charge in [-0.15, -0.1) is 0 Å². The summed E-state index contributed by atoms with van der Waals surface area (Å²) in [7, 11) is 3.76. The Morgan fingerprint density at radius 2 is 1.70 bits per heavy atom. The predicted octanol–water partition coefficient (Wildman–Crippen LogP) is 3.50. The second-order valence-electron chi connectivity index (χ2n) is 8.04. The predicted molar refractivity (Wildman–Crippen MR) is 111 cm³/mol. The Labute approximate surface area is 171 Å². The number of fused-ring (bicyclic) bond motifs is 2. The number of rotatable bonds is 2. The van der Waals surface area contributed by atoms with E-state index in [0.717, 1.165) is 25.9 Å². The van der Waals surface area contributed by atoms with Crippen molar-refractivity contribution in [2.45, 2.75) is 18.9 Å². The van der Waals surface area contributed by atoms with E-state index in [1.54, 1.807) is 29.9 Å².